The van der Waals surface area contributed by atoms with Crippen molar-refractivity contribution in [1.29, 1.82) is 0 Å². The maximum absolute atomic E-state index is 12.1. The van der Waals surface area contributed by atoms with Gasteiger partial charge in [-0.25, -0.2) is 5.43 Å². The quantitative estimate of drug-likeness (QED) is 0.676. The summed E-state index contributed by atoms with van der Waals surface area (Å²) in [6, 6.07) is 20.0. The number of hydrogen-bond donors (Lipinski definition) is 1. The minimum Gasteiger partial charge on any atom is -0.273 e. The van der Waals surface area contributed by atoms with Crippen molar-refractivity contribution in [1.82, 2.24) is 5.43 Å². The smallest absolute Gasteiger partial charge is 0.243 e. The summed E-state index contributed by atoms with van der Waals surface area (Å²) in [6.45, 7) is 1.90. The van der Waals surface area contributed by atoms with Crippen LogP contribution < -0.4 is 5.43 Å². The van der Waals surface area contributed by atoms with E-state index in [1.54, 1.807) is 0 Å². The molecule has 21 heavy (non-hydrogen) atoms. The van der Waals surface area contributed by atoms with Crippen LogP contribution in [-0.4, -0.2) is 11.6 Å². The third-order valence-corrected chi connectivity index (χ3v) is 3.88. The average Bonchev–Trinajstić information content (AvgIpc) is 3.35. The van der Waals surface area contributed by atoms with Crippen molar-refractivity contribution in [3.8, 4) is 0 Å². The Hall–Kier alpha value is -2.42. The van der Waals surface area contributed by atoms with Gasteiger partial charge in [-0.3, -0.25) is 4.79 Å². The molecule has 0 aliphatic heterocycles. The predicted octanol–water partition coefficient (Wildman–Crippen LogP) is 3.33. The molecule has 0 spiro atoms. The van der Waals surface area contributed by atoms with Gasteiger partial charge in [-0.1, -0.05) is 60.7 Å². The first-order chi connectivity index (χ1) is 10.3. The molecule has 3 heteroatoms. The average molecular weight is 278 g/mol. The van der Waals surface area contributed by atoms with Crippen LogP contribution in [0.2, 0.25) is 0 Å². The second-order valence-corrected chi connectivity index (χ2v) is 5.40. The Labute approximate surface area is 124 Å². The molecule has 2 aromatic carbocycles. The van der Waals surface area contributed by atoms with Gasteiger partial charge in [-0.2, -0.15) is 5.10 Å². The van der Waals surface area contributed by atoms with E-state index in [-0.39, 0.29) is 11.8 Å². The lowest BCUT2D eigenvalue weighted by molar-refractivity contribution is -0.122. The third-order valence-electron chi connectivity index (χ3n) is 3.88. The molecule has 1 amide bonds. The number of benzene rings is 2. The zero-order chi connectivity index (χ0) is 14.7. The van der Waals surface area contributed by atoms with Gasteiger partial charge in [0.1, 0.15) is 0 Å². The Morgan fingerprint density at radius 1 is 1.05 bits per heavy atom. The van der Waals surface area contributed by atoms with E-state index in [4.69, 9.17) is 0 Å². The summed E-state index contributed by atoms with van der Waals surface area (Å²) in [4.78, 5) is 12.1. The Morgan fingerprint density at radius 3 is 2.33 bits per heavy atom. The number of carbonyl (C=O) groups is 1. The fourth-order valence-electron chi connectivity index (χ4n) is 2.52. The fraction of sp³-hybridized carbons (Fsp3) is 0.222. The summed E-state index contributed by atoms with van der Waals surface area (Å²) in [5.74, 6) is 0.414. The summed E-state index contributed by atoms with van der Waals surface area (Å²) in [5, 5.41) is 4.20. The molecule has 0 bridgehead atoms. The van der Waals surface area contributed by atoms with E-state index in [2.05, 4.69) is 22.7 Å². The molecule has 0 unspecified atom stereocenters. The van der Waals surface area contributed by atoms with Crippen molar-refractivity contribution < 1.29 is 4.79 Å². The van der Waals surface area contributed by atoms with Gasteiger partial charge in [0.2, 0.25) is 5.91 Å². The van der Waals surface area contributed by atoms with Gasteiger partial charge in [0, 0.05) is 5.92 Å². The highest BCUT2D eigenvalue weighted by molar-refractivity contribution is 5.99. The molecular formula is C18H18N2O. The summed E-state index contributed by atoms with van der Waals surface area (Å²) in [6.07, 6.45) is 0.912. The summed E-state index contributed by atoms with van der Waals surface area (Å²) < 4.78 is 0. The highest BCUT2D eigenvalue weighted by Gasteiger charge is 2.43. The summed E-state index contributed by atoms with van der Waals surface area (Å²) >= 11 is 0. The first-order valence-corrected chi connectivity index (χ1v) is 7.20. The van der Waals surface area contributed by atoms with Gasteiger partial charge in [-0.15, -0.1) is 0 Å². The van der Waals surface area contributed by atoms with Gasteiger partial charge in [-0.05, 0) is 30.4 Å². The molecule has 106 valence electrons. The zero-order valence-corrected chi connectivity index (χ0v) is 12.0. The molecule has 2 aromatic rings. The second kappa shape index (κ2) is 5.92. The van der Waals surface area contributed by atoms with Crippen molar-refractivity contribution in [3.05, 3.63) is 71.8 Å². The second-order valence-electron chi connectivity index (χ2n) is 5.40. The van der Waals surface area contributed by atoms with E-state index in [9.17, 15) is 4.79 Å². The molecular weight excluding hydrogens is 260 g/mol. The summed E-state index contributed by atoms with van der Waals surface area (Å²) in [5.41, 5.74) is 5.77. The van der Waals surface area contributed by atoms with Crippen molar-refractivity contribution >= 4 is 11.6 Å². The van der Waals surface area contributed by atoms with Crippen molar-refractivity contribution in [2.24, 2.45) is 11.0 Å². The summed E-state index contributed by atoms with van der Waals surface area (Å²) in [7, 11) is 0. The highest BCUT2D eigenvalue weighted by atomic mass is 16.2. The van der Waals surface area contributed by atoms with E-state index >= 15 is 0 Å². The Kier molecular flexibility index (Phi) is 3.82. The standard InChI is InChI=1S/C18H18N2O/c1-13(14-8-4-2-5-9-14)19-20-18(21)17-12-16(17)15-10-6-3-7-11-15/h2-11,16-17H,12H2,1H3,(H,20,21)/b19-13-/t16-,17-/m0/s1. The van der Waals surface area contributed by atoms with Crippen LogP contribution in [0.5, 0.6) is 0 Å². The van der Waals surface area contributed by atoms with Crippen LogP contribution in [0.3, 0.4) is 0 Å². The molecule has 2 atom stereocenters. The van der Waals surface area contributed by atoms with Crippen LogP contribution in [0, 0.1) is 5.92 Å². The number of nitrogens with zero attached hydrogens (tertiary/aromatic N) is 1. The maximum atomic E-state index is 12.1. The van der Waals surface area contributed by atoms with Crippen molar-refractivity contribution in [2.45, 2.75) is 19.3 Å². The molecule has 3 nitrogen and oxygen atoms in total. The number of hydrazone groups is 1. The van der Waals surface area contributed by atoms with Crippen molar-refractivity contribution in [2.75, 3.05) is 0 Å². The molecule has 0 radical (unpaired) electrons. The Balaban J connectivity index is 1.59. The van der Waals surface area contributed by atoms with Crippen LogP contribution in [0.25, 0.3) is 0 Å². The molecule has 3 rings (SSSR count). The van der Waals surface area contributed by atoms with Gasteiger partial charge in [0.15, 0.2) is 0 Å². The number of amides is 1. The van der Waals surface area contributed by atoms with E-state index in [0.29, 0.717) is 5.92 Å². The lowest BCUT2D eigenvalue weighted by Crippen LogP contribution is -2.21. The molecule has 0 aromatic heterocycles. The monoisotopic (exact) mass is 278 g/mol. The van der Waals surface area contributed by atoms with E-state index in [1.165, 1.54) is 5.56 Å². The minimum atomic E-state index is 0.0131. The SMILES string of the molecule is C/C(=N/NC(=O)[C@H]1C[C@H]1c1ccccc1)c1ccccc1. The van der Waals surface area contributed by atoms with Gasteiger partial charge < -0.3 is 0 Å². The number of hydrogen-bond acceptors (Lipinski definition) is 2. The number of nitrogens with one attached hydrogen (secondary N) is 1. The zero-order valence-electron chi connectivity index (χ0n) is 12.0. The third kappa shape index (κ3) is 3.19. The van der Waals surface area contributed by atoms with Gasteiger partial charge in [0.05, 0.1) is 5.71 Å². The van der Waals surface area contributed by atoms with Gasteiger partial charge in [0.25, 0.3) is 0 Å². The lowest BCUT2D eigenvalue weighted by atomic mass is 10.1. The Morgan fingerprint density at radius 2 is 1.67 bits per heavy atom. The van der Waals surface area contributed by atoms with E-state index in [0.717, 1.165) is 17.7 Å². The molecule has 0 heterocycles. The van der Waals surface area contributed by atoms with E-state index < -0.39 is 0 Å². The molecule has 1 fully saturated rings. The van der Waals surface area contributed by atoms with Crippen LogP contribution in [0.4, 0.5) is 0 Å². The van der Waals surface area contributed by atoms with Crippen LogP contribution in [-0.2, 0) is 4.79 Å². The van der Waals surface area contributed by atoms with Gasteiger partial charge >= 0.3 is 0 Å². The van der Waals surface area contributed by atoms with E-state index in [1.807, 2.05) is 55.5 Å². The predicted molar refractivity (Wildman–Crippen MR) is 84.1 cm³/mol. The minimum absolute atomic E-state index is 0.0131. The molecule has 1 saturated carbocycles. The topological polar surface area (TPSA) is 41.5 Å². The Bertz CT molecular complexity index is 649. The molecule has 1 aliphatic rings. The normalized spacial score (nSPS) is 20.9. The van der Waals surface area contributed by atoms with Crippen LogP contribution in [0.1, 0.15) is 30.4 Å². The molecule has 1 N–H and O–H groups in total. The van der Waals surface area contributed by atoms with Crippen molar-refractivity contribution in [3.63, 3.8) is 0 Å². The molecule has 0 saturated heterocycles. The largest absolute Gasteiger partial charge is 0.273 e. The first-order valence-electron chi connectivity index (χ1n) is 7.20. The van der Waals surface area contributed by atoms with Crippen LogP contribution in [0.15, 0.2) is 65.8 Å². The lowest BCUT2D eigenvalue weighted by Gasteiger charge is -2.03. The number of rotatable bonds is 4. The first kappa shape index (κ1) is 13.6. The highest BCUT2D eigenvalue weighted by Crippen LogP contribution is 2.47. The molecule has 1 aliphatic carbocycles. The fourth-order valence-corrected chi connectivity index (χ4v) is 2.52. The maximum Gasteiger partial charge on any atom is 0.243 e. The van der Waals surface area contributed by atoms with Crippen LogP contribution >= 0.6 is 0 Å². The number of carbonyl (C=O) groups excluding carboxylic acids is 1.